The third-order valence-corrected chi connectivity index (χ3v) is 3.74. The maximum atomic E-state index is 12.3. The third kappa shape index (κ3) is 2.98. The number of fused-ring (bicyclic) bond motifs is 1. The molecule has 1 atom stereocenters. The lowest BCUT2D eigenvalue weighted by atomic mass is 10.2. The Balaban J connectivity index is 1.62. The minimum absolute atomic E-state index is 0.00258. The first kappa shape index (κ1) is 14.3. The summed E-state index contributed by atoms with van der Waals surface area (Å²) < 4.78 is 1.90. The molecule has 1 amide bonds. The summed E-state index contributed by atoms with van der Waals surface area (Å²) in [6.07, 6.45) is 6.04. The Hall–Kier alpha value is -2.69. The van der Waals surface area contributed by atoms with E-state index in [-0.39, 0.29) is 11.9 Å². The van der Waals surface area contributed by atoms with Crippen molar-refractivity contribution in [1.82, 2.24) is 19.9 Å². The molecule has 0 fully saturated rings. The number of aromatic nitrogens is 3. The molecule has 5 nitrogen and oxygen atoms in total. The lowest BCUT2D eigenvalue weighted by Crippen LogP contribution is -2.32. The number of hydrogen-bond donors (Lipinski definition) is 1. The van der Waals surface area contributed by atoms with Crippen LogP contribution in [0.1, 0.15) is 18.5 Å². The van der Waals surface area contributed by atoms with E-state index in [0.717, 1.165) is 23.0 Å². The van der Waals surface area contributed by atoms with Crippen molar-refractivity contribution in [3.8, 4) is 0 Å². The Bertz CT molecular complexity index is 766. The number of carbonyl (C=O) groups is 1. The fourth-order valence-corrected chi connectivity index (χ4v) is 2.44. The number of nitrogens with zero attached hydrogens (tertiary/aromatic N) is 3. The van der Waals surface area contributed by atoms with Crippen LogP contribution in [0.25, 0.3) is 11.0 Å². The van der Waals surface area contributed by atoms with E-state index in [1.807, 2.05) is 47.9 Å². The highest BCUT2D eigenvalue weighted by Crippen LogP contribution is 2.17. The van der Waals surface area contributed by atoms with Gasteiger partial charge < -0.3 is 9.88 Å². The van der Waals surface area contributed by atoms with Gasteiger partial charge in [0, 0.05) is 18.9 Å². The average Bonchev–Trinajstić information content (AvgIpc) is 2.99. The van der Waals surface area contributed by atoms with Crippen LogP contribution in [-0.4, -0.2) is 27.0 Å². The van der Waals surface area contributed by atoms with Gasteiger partial charge in [-0.2, -0.15) is 0 Å². The zero-order valence-electron chi connectivity index (χ0n) is 12.4. The maximum absolute atomic E-state index is 12.3. The fraction of sp³-hybridized carbons (Fsp3) is 0.235. The third-order valence-electron chi connectivity index (χ3n) is 3.74. The van der Waals surface area contributed by atoms with Crippen LogP contribution in [0.4, 0.5) is 0 Å². The molecule has 1 aromatic carbocycles. The number of benzene rings is 1. The fourth-order valence-electron chi connectivity index (χ4n) is 2.44. The number of rotatable bonds is 5. The molecule has 0 spiro atoms. The topological polar surface area (TPSA) is 59.8 Å². The standard InChI is InChI=1S/C17H18N4O/c1-13(21-12-20-15-4-2-3-5-16(15)21)17(22)19-11-8-14-6-9-18-10-7-14/h2-7,9-10,12-13H,8,11H2,1H3,(H,19,22). The molecule has 5 heteroatoms. The molecule has 2 aromatic heterocycles. The Morgan fingerprint density at radius 1 is 1.23 bits per heavy atom. The second-order valence-corrected chi connectivity index (χ2v) is 5.21. The van der Waals surface area contributed by atoms with E-state index in [2.05, 4.69) is 15.3 Å². The summed E-state index contributed by atoms with van der Waals surface area (Å²) in [7, 11) is 0. The summed E-state index contributed by atoms with van der Waals surface area (Å²) >= 11 is 0. The van der Waals surface area contributed by atoms with Gasteiger partial charge in [0.25, 0.3) is 0 Å². The minimum Gasteiger partial charge on any atom is -0.354 e. The number of amides is 1. The van der Waals surface area contributed by atoms with Crippen LogP contribution in [0.15, 0.2) is 55.1 Å². The molecule has 112 valence electrons. The van der Waals surface area contributed by atoms with Gasteiger partial charge >= 0.3 is 0 Å². The molecule has 2 heterocycles. The van der Waals surface area contributed by atoms with Crippen molar-refractivity contribution >= 4 is 16.9 Å². The first-order chi connectivity index (χ1) is 10.8. The summed E-state index contributed by atoms with van der Waals surface area (Å²) in [6, 6.07) is 11.4. The normalized spacial score (nSPS) is 12.2. The van der Waals surface area contributed by atoms with E-state index in [4.69, 9.17) is 0 Å². The average molecular weight is 294 g/mol. The van der Waals surface area contributed by atoms with Crippen molar-refractivity contribution in [2.24, 2.45) is 0 Å². The Morgan fingerprint density at radius 2 is 2.00 bits per heavy atom. The molecule has 0 aliphatic rings. The number of hydrogen-bond acceptors (Lipinski definition) is 3. The van der Waals surface area contributed by atoms with Crippen molar-refractivity contribution in [2.45, 2.75) is 19.4 Å². The number of pyridine rings is 1. The predicted molar refractivity (Wildman–Crippen MR) is 85.4 cm³/mol. The number of para-hydroxylation sites is 2. The highest BCUT2D eigenvalue weighted by atomic mass is 16.2. The highest BCUT2D eigenvalue weighted by molar-refractivity contribution is 5.83. The number of imidazole rings is 1. The van der Waals surface area contributed by atoms with Crippen molar-refractivity contribution in [1.29, 1.82) is 0 Å². The number of carbonyl (C=O) groups excluding carboxylic acids is 1. The molecule has 1 N–H and O–H groups in total. The van der Waals surface area contributed by atoms with Crippen LogP contribution in [0.3, 0.4) is 0 Å². The Morgan fingerprint density at radius 3 is 2.82 bits per heavy atom. The van der Waals surface area contributed by atoms with Gasteiger partial charge in [-0.05, 0) is 43.2 Å². The van der Waals surface area contributed by atoms with E-state index < -0.39 is 0 Å². The minimum atomic E-state index is -0.287. The molecule has 1 unspecified atom stereocenters. The smallest absolute Gasteiger partial charge is 0.242 e. The molecule has 0 aliphatic heterocycles. The molecule has 0 saturated heterocycles. The first-order valence-electron chi connectivity index (χ1n) is 7.34. The monoisotopic (exact) mass is 294 g/mol. The van der Waals surface area contributed by atoms with Crippen molar-refractivity contribution in [3.63, 3.8) is 0 Å². The van der Waals surface area contributed by atoms with Crippen molar-refractivity contribution in [3.05, 3.63) is 60.7 Å². The van der Waals surface area contributed by atoms with Crippen molar-refractivity contribution < 1.29 is 4.79 Å². The van der Waals surface area contributed by atoms with Gasteiger partial charge in [0.05, 0.1) is 17.4 Å². The van der Waals surface area contributed by atoms with Crippen LogP contribution in [-0.2, 0) is 11.2 Å². The lowest BCUT2D eigenvalue weighted by Gasteiger charge is -2.14. The predicted octanol–water partition coefficient (Wildman–Crippen LogP) is 2.35. The summed E-state index contributed by atoms with van der Waals surface area (Å²) in [5, 5.41) is 2.98. The van der Waals surface area contributed by atoms with Crippen molar-refractivity contribution in [2.75, 3.05) is 6.54 Å². The van der Waals surface area contributed by atoms with Gasteiger partial charge in [-0.25, -0.2) is 4.98 Å². The molecule has 3 aromatic rings. The zero-order chi connectivity index (χ0) is 15.4. The second kappa shape index (κ2) is 6.39. The summed E-state index contributed by atoms with van der Waals surface area (Å²) in [4.78, 5) is 20.6. The highest BCUT2D eigenvalue weighted by Gasteiger charge is 2.16. The quantitative estimate of drug-likeness (QED) is 0.786. The number of nitrogens with one attached hydrogen (secondary N) is 1. The van der Waals surface area contributed by atoms with E-state index in [0.29, 0.717) is 6.54 Å². The van der Waals surface area contributed by atoms with Gasteiger partial charge in [0.2, 0.25) is 5.91 Å². The summed E-state index contributed by atoms with van der Waals surface area (Å²) in [5.41, 5.74) is 3.04. The van der Waals surface area contributed by atoms with Crippen LogP contribution in [0.2, 0.25) is 0 Å². The van der Waals surface area contributed by atoms with E-state index in [1.165, 1.54) is 0 Å². The van der Waals surface area contributed by atoms with Gasteiger partial charge in [-0.1, -0.05) is 12.1 Å². The van der Waals surface area contributed by atoms with Crippen LogP contribution in [0.5, 0.6) is 0 Å². The van der Waals surface area contributed by atoms with Gasteiger partial charge in [-0.3, -0.25) is 9.78 Å². The molecule has 0 saturated carbocycles. The molecular weight excluding hydrogens is 276 g/mol. The van der Waals surface area contributed by atoms with Crippen LogP contribution >= 0.6 is 0 Å². The largest absolute Gasteiger partial charge is 0.354 e. The van der Waals surface area contributed by atoms with Crippen LogP contribution < -0.4 is 5.32 Å². The second-order valence-electron chi connectivity index (χ2n) is 5.21. The Kier molecular flexibility index (Phi) is 4.14. The van der Waals surface area contributed by atoms with E-state index >= 15 is 0 Å². The van der Waals surface area contributed by atoms with Gasteiger partial charge in [0.1, 0.15) is 6.04 Å². The Labute approximate surface area is 129 Å². The van der Waals surface area contributed by atoms with Gasteiger partial charge in [0.15, 0.2) is 0 Å². The van der Waals surface area contributed by atoms with E-state index in [9.17, 15) is 4.79 Å². The summed E-state index contributed by atoms with van der Waals surface area (Å²) in [5.74, 6) is -0.00258. The zero-order valence-corrected chi connectivity index (χ0v) is 12.4. The molecule has 0 aliphatic carbocycles. The van der Waals surface area contributed by atoms with E-state index in [1.54, 1.807) is 18.7 Å². The molecular formula is C17H18N4O. The SMILES string of the molecule is CC(C(=O)NCCc1ccncc1)n1cnc2ccccc21. The molecule has 22 heavy (non-hydrogen) atoms. The molecule has 3 rings (SSSR count). The lowest BCUT2D eigenvalue weighted by molar-refractivity contribution is -0.123. The maximum Gasteiger partial charge on any atom is 0.242 e. The van der Waals surface area contributed by atoms with Crippen LogP contribution in [0, 0.1) is 0 Å². The molecule has 0 radical (unpaired) electrons. The van der Waals surface area contributed by atoms with Gasteiger partial charge in [-0.15, -0.1) is 0 Å². The first-order valence-corrected chi connectivity index (χ1v) is 7.34. The summed E-state index contributed by atoms with van der Waals surface area (Å²) in [6.45, 7) is 2.50. The molecule has 0 bridgehead atoms.